The van der Waals surface area contributed by atoms with Gasteiger partial charge in [-0.1, -0.05) is 29.8 Å². The molecule has 1 amide bonds. The molecule has 2 heterocycles. The van der Waals surface area contributed by atoms with Crippen LogP contribution in [0, 0.1) is 6.92 Å². The molecule has 1 fully saturated rings. The first-order valence-corrected chi connectivity index (χ1v) is 9.74. The molecule has 0 bridgehead atoms. The maximum Gasteiger partial charge on any atom is 0.410 e. The minimum Gasteiger partial charge on any atom is -0.476 e. The maximum absolute atomic E-state index is 12.3. The van der Waals surface area contributed by atoms with Crippen LogP contribution in [0.3, 0.4) is 0 Å². The van der Waals surface area contributed by atoms with Crippen molar-refractivity contribution >= 4 is 23.4 Å². The van der Waals surface area contributed by atoms with E-state index in [1.54, 1.807) is 4.90 Å². The van der Waals surface area contributed by atoms with Crippen molar-refractivity contribution in [3.05, 3.63) is 40.5 Å². The molecule has 0 spiro atoms. The first kappa shape index (κ1) is 19.4. The molecule has 1 aromatic carbocycles. The zero-order valence-electron chi connectivity index (χ0n) is 16.0. The minimum absolute atomic E-state index is 0.0276. The van der Waals surface area contributed by atoms with Gasteiger partial charge >= 0.3 is 12.1 Å². The summed E-state index contributed by atoms with van der Waals surface area (Å²) < 4.78 is 5.43. The average Bonchev–Trinajstić information content (AvgIpc) is 3.21. The zero-order chi connectivity index (χ0) is 19.8. The van der Waals surface area contributed by atoms with E-state index in [0.29, 0.717) is 18.0 Å². The number of carboxylic acid groups (broad SMARTS) is 1. The Balaban J connectivity index is 1.82. The lowest BCUT2D eigenvalue weighted by atomic mass is 10.1. The summed E-state index contributed by atoms with van der Waals surface area (Å²) in [5.41, 5.74) is 1.51. The van der Waals surface area contributed by atoms with Crippen molar-refractivity contribution in [2.45, 2.75) is 45.6 Å². The summed E-state index contributed by atoms with van der Waals surface area (Å²) in [6.07, 6.45) is 0.415. The van der Waals surface area contributed by atoms with Gasteiger partial charge in [-0.25, -0.2) is 14.6 Å². The van der Waals surface area contributed by atoms with Crippen LogP contribution in [0.25, 0.3) is 10.4 Å². The Morgan fingerprint density at radius 1 is 1.26 bits per heavy atom. The average molecular weight is 388 g/mol. The Morgan fingerprint density at radius 2 is 1.93 bits per heavy atom. The Bertz CT molecular complexity index is 852. The van der Waals surface area contributed by atoms with Gasteiger partial charge < -0.3 is 14.7 Å². The molecule has 2 aromatic rings. The molecule has 0 aliphatic carbocycles. The van der Waals surface area contributed by atoms with E-state index in [0.717, 1.165) is 22.6 Å². The lowest BCUT2D eigenvalue weighted by Crippen LogP contribution is -2.35. The van der Waals surface area contributed by atoms with Gasteiger partial charge in [0.15, 0.2) is 5.69 Å². The number of carboxylic acids is 1. The predicted octanol–water partition coefficient (Wildman–Crippen LogP) is 4.54. The topological polar surface area (TPSA) is 79.7 Å². The Morgan fingerprint density at radius 3 is 2.52 bits per heavy atom. The summed E-state index contributed by atoms with van der Waals surface area (Å²) in [6, 6.07) is 7.75. The molecular weight excluding hydrogens is 364 g/mol. The zero-order valence-corrected chi connectivity index (χ0v) is 16.8. The number of benzene rings is 1. The van der Waals surface area contributed by atoms with Crippen LogP contribution in [0.2, 0.25) is 0 Å². The van der Waals surface area contributed by atoms with Gasteiger partial charge in [0.1, 0.15) is 5.60 Å². The molecule has 6 nitrogen and oxygen atoms in total. The number of carbonyl (C=O) groups excluding carboxylic acids is 1. The smallest absolute Gasteiger partial charge is 0.410 e. The Kier molecular flexibility index (Phi) is 5.24. The number of aryl methyl sites for hydroxylation is 1. The second-order valence-electron chi connectivity index (χ2n) is 7.81. The van der Waals surface area contributed by atoms with E-state index in [1.165, 1.54) is 11.3 Å². The molecule has 27 heavy (non-hydrogen) atoms. The molecule has 1 N–H and O–H groups in total. The summed E-state index contributed by atoms with van der Waals surface area (Å²) in [6.45, 7) is 8.59. The van der Waals surface area contributed by atoms with E-state index in [4.69, 9.17) is 4.74 Å². The van der Waals surface area contributed by atoms with Crippen molar-refractivity contribution in [2.24, 2.45) is 0 Å². The van der Waals surface area contributed by atoms with Gasteiger partial charge in [0.2, 0.25) is 0 Å². The number of nitrogens with zero attached hydrogens (tertiary/aromatic N) is 2. The molecule has 0 saturated carbocycles. The third kappa shape index (κ3) is 4.47. The fourth-order valence-electron chi connectivity index (χ4n) is 3.01. The standard InChI is InChI=1S/C20H24N2O4S/c1-12-5-7-13(8-6-12)16-15(18(23)24)21-17(27-16)14-9-10-22(11-14)19(25)26-20(2,3)4/h5-8,14H,9-11H2,1-4H3,(H,23,24). The van der Waals surface area contributed by atoms with Gasteiger partial charge in [-0.05, 0) is 39.7 Å². The van der Waals surface area contributed by atoms with Crippen LogP contribution in [0.1, 0.15) is 54.2 Å². The number of rotatable bonds is 3. The van der Waals surface area contributed by atoms with E-state index in [9.17, 15) is 14.7 Å². The highest BCUT2D eigenvalue weighted by atomic mass is 32.1. The fourth-order valence-corrected chi connectivity index (χ4v) is 4.20. The number of carbonyl (C=O) groups is 2. The molecule has 1 atom stereocenters. The van der Waals surface area contributed by atoms with Crippen LogP contribution in [0.15, 0.2) is 24.3 Å². The van der Waals surface area contributed by atoms with E-state index >= 15 is 0 Å². The summed E-state index contributed by atoms with van der Waals surface area (Å²) in [4.78, 5) is 30.7. The largest absolute Gasteiger partial charge is 0.476 e. The summed E-state index contributed by atoms with van der Waals surface area (Å²) >= 11 is 1.40. The number of thiazole rings is 1. The van der Waals surface area contributed by atoms with Gasteiger partial charge in [-0.2, -0.15) is 0 Å². The van der Waals surface area contributed by atoms with Crippen molar-refractivity contribution in [3.8, 4) is 10.4 Å². The predicted molar refractivity (Wildman–Crippen MR) is 104 cm³/mol. The molecular formula is C20H24N2O4S. The third-order valence-corrected chi connectivity index (χ3v) is 5.62. The first-order chi connectivity index (χ1) is 12.6. The van der Waals surface area contributed by atoms with Crippen molar-refractivity contribution in [1.29, 1.82) is 0 Å². The Labute approximate surface area is 162 Å². The van der Waals surface area contributed by atoms with Crippen molar-refractivity contribution in [3.63, 3.8) is 0 Å². The van der Waals surface area contributed by atoms with Crippen LogP contribution in [-0.2, 0) is 4.74 Å². The number of aromatic nitrogens is 1. The molecule has 1 saturated heterocycles. The van der Waals surface area contributed by atoms with Crippen LogP contribution >= 0.6 is 11.3 Å². The van der Waals surface area contributed by atoms with E-state index in [-0.39, 0.29) is 17.7 Å². The quantitative estimate of drug-likeness (QED) is 0.835. The normalized spacial score (nSPS) is 17.2. The number of aromatic carboxylic acids is 1. The van der Waals surface area contributed by atoms with Gasteiger partial charge in [0.25, 0.3) is 0 Å². The van der Waals surface area contributed by atoms with E-state index in [2.05, 4.69) is 4.98 Å². The fraction of sp³-hybridized carbons (Fsp3) is 0.450. The van der Waals surface area contributed by atoms with E-state index < -0.39 is 11.6 Å². The van der Waals surface area contributed by atoms with Gasteiger partial charge in [-0.15, -0.1) is 11.3 Å². The third-order valence-electron chi connectivity index (χ3n) is 4.35. The molecule has 144 valence electrons. The number of hydrogen-bond acceptors (Lipinski definition) is 5. The van der Waals surface area contributed by atoms with Gasteiger partial charge in [0, 0.05) is 19.0 Å². The number of hydrogen-bond donors (Lipinski definition) is 1. The monoisotopic (exact) mass is 388 g/mol. The van der Waals surface area contributed by atoms with Gasteiger partial charge in [0.05, 0.1) is 9.88 Å². The highest BCUT2D eigenvalue weighted by molar-refractivity contribution is 7.15. The summed E-state index contributed by atoms with van der Waals surface area (Å²) in [7, 11) is 0. The highest BCUT2D eigenvalue weighted by Gasteiger charge is 2.33. The first-order valence-electron chi connectivity index (χ1n) is 8.93. The summed E-state index contributed by atoms with van der Waals surface area (Å²) in [5, 5.41) is 10.3. The van der Waals surface area contributed by atoms with Crippen LogP contribution in [-0.4, -0.2) is 45.7 Å². The van der Waals surface area contributed by atoms with E-state index in [1.807, 2.05) is 52.0 Å². The molecule has 1 unspecified atom stereocenters. The number of likely N-dealkylation sites (tertiary alicyclic amines) is 1. The lowest BCUT2D eigenvalue weighted by molar-refractivity contribution is 0.0292. The molecule has 1 aliphatic rings. The van der Waals surface area contributed by atoms with Crippen molar-refractivity contribution in [2.75, 3.05) is 13.1 Å². The molecule has 0 radical (unpaired) electrons. The molecule has 1 aliphatic heterocycles. The number of ether oxygens (including phenoxy) is 1. The maximum atomic E-state index is 12.3. The molecule has 7 heteroatoms. The molecule has 1 aromatic heterocycles. The van der Waals surface area contributed by atoms with Crippen LogP contribution < -0.4 is 0 Å². The highest BCUT2D eigenvalue weighted by Crippen LogP contribution is 2.37. The summed E-state index contributed by atoms with van der Waals surface area (Å²) in [5.74, 6) is -1.00. The number of amides is 1. The Hall–Kier alpha value is -2.41. The van der Waals surface area contributed by atoms with Crippen molar-refractivity contribution < 1.29 is 19.4 Å². The second-order valence-corrected chi connectivity index (χ2v) is 8.84. The van der Waals surface area contributed by atoms with Crippen molar-refractivity contribution in [1.82, 2.24) is 9.88 Å². The van der Waals surface area contributed by atoms with Crippen LogP contribution in [0.5, 0.6) is 0 Å². The lowest BCUT2D eigenvalue weighted by Gasteiger charge is -2.24. The second kappa shape index (κ2) is 7.31. The SMILES string of the molecule is Cc1ccc(-c2sc(C3CCN(C(=O)OC(C)(C)C)C3)nc2C(=O)O)cc1. The minimum atomic E-state index is -1.03. The van der Waals surface area contributed by atoms with Gasteiger partial charge in [-0.3, -0.25) is 0 Å². The molecule has 3 rings (SSSR count). The van der Waals surface area contributed by atoms with Crippen LogP contribution in [0.4, 0.5) is 4.79 Å².